The van der Waals surface area contributed by atoms with Crippen LogP contribution in [-0.2, 0) is 24.7 Å². The number of amides is 1. The number of sulfonamides is 1. The number of hydrazine groups is 1. The van der Waals surface area contributed by atoms with Gasteiger partial charge in [-0.15, -0.1) is 0 Å². The molecule has 0 unspecified atom stereocenters. The van der Waals surface area contributed by atoms with Crippen molar-refractivity contribution in [3.8, 4) is 0 Å². The predicted molar refractivity (Wildman–Crippen MR) is 117 cm³/mol. The van der Waals surface area contributed by atoms with Crippen molar-refractivity contribution < 1.29 is 26.6 Å². The first-order valence-electron chi connectivity index (χ1n) is 10.3. The minimum Gasteiger partial charge on any atom is -0.273 e. The maximum Gasteiger partial charge on any atom is 0.270 e. The van der Waals surface area contributed by atoms with E-state index in [0.717, 1.165) is 6.07 Å². The van der Waals surface area contributed by atoms with Crippen molar-refractivity contribution in [2.24, 2.45) is 5.92 Å². The van der Waals surface area contributed by atoms with Crippen molar-refractivity contribution in [2.75, 3.05) is 38.7 Å². The molecule has 11 nitrogen and oxygen atoms in total. The van der Waals surface area contributed by atoms with Gasteiger partial charge in [0.05, 0.1) is 27.4 Å². The average Bonchev–Trinajstić information content (AvgIpc) is 3.06. The fourth-order valence-electron chi connectivity index (χ4n) is 4.32. The number of carbonyl (C=O) groups excluding carboxylic acids is 1. The van der Waals surface area contributed by atoms with E-state index in [4.69, 9.17) is 0 Å². The van der Waals surface area contributed by atoms with Crippen molar-refractivity contribution in [1.82, 2.24) is 14.3 Å². The molecular weight excluding hydrogens is 460 g/mol. The molecule has 0 spiro atoms. The van der Waals surface area contributed by atoms with Crippen molar-refractivity contribution in [3.05, 3.63) is 33.9 Å². The summed E-state index contributed by atoms with van der Waals surface area (Å²) in [5.41, 5.74) is 0.113. The Morgan fingerprint density at radius 3 is 2.31 bits per heavy atom. The predicted octanol–water partition coefficient (Wildman–Crippen LogP) is 0.796. The maximum atomic E-state index is 13.2. The first-order valence-corrected chi connectivity index (χ1v) is 13.6. The molecule has 2 saturated heterocycles. The van der Waals surface area contributed by atoms with Gasteiger partial charge in [-0.25, -0.2) is 21.8 Å². The summed E-state index contributed by atoms with van der Waals surface area (Å²) in [4.78, 5) is 23.5. The van der Waals surface area contributed by atoms with Crippen LogP contribution in [0.15, 0.2) is 23.1 Å². The van der Waals surface area contributed by atoms with Crippen LogP contribution in [0.2, 0.25) is 0 Å². The molecule has 13 heteroatoms. The van der Waals surface area contributed by atoms with E-state index in [2.05, 4.69) is 0 Å². The molecule has 2 aliphatic heterocycles. The van der Waals surface area contributed by atoms with Gasteiger partial charge in [-0.3, -0.25) is 19.9 Å². The van der Waals surface area contributed by atoms with Crippen LogP contribution in [0.25, 0.3) is 0 Å². The topological polar surface area (TPSA) is 138 Å². The van der Waals surface area contributed by atoms with Crippen LogP contribution < -0.4 is 0 Å². The zero-order valence-electron chi connectivity index (χ0n) is 18.3. The van der Waals surface area contributed by atoms with Crippen molar-refractivity contribution in [2.45, 2.75) is 37.1 Å². The molecule has 2 heterocycles. The summed E-state index contributed by atoms with van der Waals surface area (Å²) in [5, 5.41) is 14.2. The van der Waals surface area contributed by atoms with E-state index in [1.165, 1.54) is 21.4 Å². The van der Waals surface area contributed by atoms with Crippen LogP contribution in [0.5, 0.6) is 0 Å². The lowest BCUT2D eigenvalue weighted by atomic mass is 9.96. The molecule has 0 N–H and O–H groups in total. The molecule has 0 aromatic heterocycles. The van der Waals surface area contributed by atoms with Gasteiger partial charge in [0, 0.05) is 45.2 Å². The van der Waals surface area contributed by atoms with Gasteiger partial charge in [0.2, 0.25) is 15.9 Å². The number of nitro groups is 1. The smallest absolute Gasteiger partial charge is 0.270 e. The minimum absolute atomic E-state index is 0.0501. The number of nitrogens with zero attached hydrogens (tertiary/aromatic N) is 4. The molecule has 3 rings (SSSR count). The van der Waals surface area contributed by atoms with Crippen LogP contribution in [0.3, 0.4) is 0 Å². The molecule has 1 aromatic carbocycles. The molecule has 0 bridgehead atoms. The first-order chi connectivity index (χ1) is 14.8. The highest BCUT2D eigenvalue weighted by Crippen LogP contribution is 2.30. The number of hydrogen-bond donors (Lipinski definition) is 0. The van der Waals surface area contributed by atoms with Gasteiger partial charge < -0.3 is 0 Å². The number of aryl methyl sites for hydroxylation is 1. The molecule has 0 saturated carbocycles. The highest BCUT2D eigenvalue weighted by molar-refractivity contribution is 7.91. The van der Waals surface area contributed by atoms with Crippen LogP contribution >= 0.6 is 0 Å². The number of sulfone groups is 1. The molecule has 0 radical (unpaired) electrons. The van der Waals surface area contributed by atoms with Crippen molar-refractivity contribution in [1.29, 1.82) is 0 Å². The Hall–Kier alpha value is -2.09. The Morgan fingerprint density at radius 2 is 1.81 bits per heavy atom. The number of hydrogen-bond acceptors (Lipinski definition) is 8. The summed E-state index contributed by atoms with van der Waals surface area (Å²) < 4.78 is 51.2. The summed E-state index contributed by atoms with van der Waals surface area (Å²) in [6, 6.07) is 3.32. The van der Waals surface area contributed by atoms with E-state index in [1.807, 2.05) is 0 Å². The number of rotatable bonds is 6. The summed E-state index contributed by atoms with van der Waals surface area (Å²) in [6.07, 6.45) is 0.956. The van der Waals surface area contributed by atoms with Gasteiger partial charge in [0.25, 0.3) is 5.69 Å². The van der Waals surface area contributed by atoms with E-state index in [-0.39, 0.29) is 53.9 Å². The van der Waals surface area contributed by atoms with E-state index < -0.39 is 36.7 Å². The highest BCUT2D eigenvalue weighted by Gasteiger charge is 2.40. The van der Waals surface area contributed by atoms with Gasteiger partial charge in [-0.2, -0.15) is 4.31 Å². The molecule has 1 atom stereocenters. The summed E-state index contributed by atoms with van der Waals surface area (Å²) in [7, 11) is -3.74. The Morgan fingerprint density at radius 1 is 1.19 bits per heavy atom. The molecule has 32 heavy (non-hydrogen) atoms. The average molecular weight is 489 g/mol. The van der Waals surface area contributed by atoms with Gasteiger partial charge in [-0.05, 0) is 31.7 Å². The number of benzene rings is 1. The first kappa shape index (κ1) is 24.6. The van der Waals surface area contributed by atoms with Crippen molar-refractivity contribution in [3.63, 3.8) is 0 Å². The van der Waals surface area contributed by atoms with E-state index in [0.29, 0.717) is 12.0 Å². The molecule has 178 valence electrons. The van der Waals surface area contributed by atoms with Gasteiger partial charge in [0.1, 0.15) is 0 Å². The molecule has 0 aliphatic carbocycles. The lowest BCUT2D eigenvalue weighted by Gasteiger charge is -2.38. The van der Waals surface area contributed by atoms with Crippen molar-refractivity contribution >= 4 is 31.5 Å². The van der Waals surface area contributed by atoms with Gasteiger partial charge in [0.15, 0.2) is 9.84 Å². The molecular formula is C19H28N4O7S2. The normalized spacial score (nSPS) is 22.2. The molecule has 2 aliphatic rings. The monoisotopic (exact) mass is 488 g/mol. The fourth-order valence-corrected chi connectivity index (χ4v) is 7.73. The molecule has 1 aromatic rings. The number of piperidine rings is 1. The lowest BCUT2D eigenvalue weighted by molar-refractivity contribution is -0.385. The zero-order valence-corrected chi connectivity index (χ0v) is 19.9. The Kier molecular flexibility index (Phi) is 6.94. The second kappa shape index (κ2) is 9.04. The summed E-state index contributed by atoms with van der Waals surface area (Å²) >= 11 is 0. The maximum absolute atomic E-state index is 13.2. The lowest BCUT2D eigenvalue weighted by Crippen LogP contribution is -2.53. The second-order valence-corrected chi connectivity index (χ2v) is 12.6. The van der Waals surface area contributed by atoms with E-state index >= 15 is 0 Å². The van der Waals surface area contributed by atoms with Crippen LogP contribution in [-0.4, -0.2) is 86.7 Å². The summed E-state index contributed by atoms with van der Waals surface area (Å²) in [6.45, 7) is 1.79. The number of non-ortho nitro benzene ring substituents is 1. The SMILES string of the molecule is Cc1ccc([N+](=O)[O-])cc1S(=O)(=O)N1CCC(C(=O)N([C@@H]2CCS(=O)(=O)C2)N(C)C)CC1. The quantitative estimate of drug-likeness (QED) is 0.423. The van der Waals surface area contributed by atoms with Crippen LogP contribution in [0.4, 0.5) is 5.69 Å². The zero-order chi connectivity index (χ0) is 23.8. The second-order valence-electron chi connectivity index (χ2n) is 8.47. The Bertz CT molecular complexity index is 1110. The fraction of sp³-hybridized carbons (Fsp3) is 0.632. The third kappa shape index (κ3) is 4.95. The summed E-state index contributed by atoms with van der Waals surface area (Å²) in [5.74, 6) is -0.663. The molecule has 2 fully saturated rings. The minimum atomic E-state index is -3.95. The van der Waals surface area contributed by atoms with Crippen LogP contribution in [0, 0.1) is 23.0 Å². The van der Waals surface area contributed by atoms with Crippen LogP contribution in [0.1, 0.15) is 24.8 Å². The Labute approximate surface area is 188 Å². The largest absolute Gasteiger partial charge is 0.273 e. The van der Waals surface area contributed by atoms with Gasteiger partial charge >= 0.3 is 0 Å². The third-order valence-electron chi connectivity index (χ3n) is 6.01. The van der Waals surface area contributed by atoms with E-state index in [9.17, 15) is 31.7 Å². The molecule has 1 amide bonds. The van der Waals surface area contributed by atoms with Gasteiger partial charge in [-0.1, -0.05) is 6.07 Å². The Balaban J connectivity index is 1.73. The number of carbonyl (C=O) groups is 1. The highest BCUT2D eigenvalue weighted by atomic mass is 32.2. The standard InChI is InChI=1S/C19H28N4O7S2/c1-14-4-5-16(23(25)26)12-18(14)32(29,30)21-9-6-15(7-10-21)19(24)22(20(2)3)17-8-11-31(27,28)13-17/h4-5,12,15,17H,6-11,13H2,1-3H3/t17-/m1/s1. The number of nitro benzene ring substituents is 1. The third-order valence-corrected chi connectivity index (χ3v) is 9.81. The van der Waals surface area contributed by atoms with E-state index in [1.54, 1.807) is 26.0 Å².